The average Bonchev–Trinajstić information content (AvgIpc) is 3.04. The molecule has 0 fully saturated rings. The van der Waals surface area contributed by atoms with Gasteiger partial charge in [-0.15, -0.1) is 5.10 Å². The van der Waals surface area contributed by atoms with Crippen LogP contribution in [-0.2, 0) is 14.6 Å². The second-order valence-electron chi connectivity index (χ2n) is 6.39. The van der Waals surface area contributed by atoms with Crippen molar-refractivity contribution in [1.82, 2.24) is 15.2 Å². The molecule has 1 amide bonds. The van der Waals surface area contributed by atoms with E-state index < -0.39 is 9.84 Å². The lowest BCUT2D eigenvalue weighted by Gasteiger charge is -2.06. The van der Waals surface area contributed by atoms with E-state index >= 15 is 0 Å². The van der Waals surface area contributed by atoms with Crippen molar-refractivity contribution in [2.24, 2.45) is 0 Å². The standard InChI is InChI=1S/C19H15FN4O3S2/c1-29(26,27)13-5-3-12(4-6-13)22-17(25)10-28-19-18-15(9-21-24-19)14-8-11(20)2-7-16(14)23-18/h2-9,23H,10H2,1H3,(H,22,25). The quantitative estimate of drug-likeness (QED) is 0.470. The molecule has 0 saturated carbocycles. The highest BCUT2D eigenvalue weighted by Crippen LogP contribution is 2.30. The highest BCUT2D eigenvalue weighted by molar-refractivity contribution is 8.00. The summed E-state index contributed by atoms with van der Waals surface area (Å²) in [6.45, 7) is 0. The van der Waals surface area contributed by atoms with Gasteiger partial charge in [-0.1, -0.05) is 11.8 Å². The average molecular weight is 430 g/mol. The van der Waals surface area contributed by atoms with Crippen molar-refractivity contribution >= 4 is 55.0 Å². The Morgan fingerprint density at radius 1 is 1.17 bits per heavy atom. The summed E-state index contributed by atoms with van der Waals surface area (Å²) in [5, 5.41) is 12.7. The minimum absolute atomic E-state index is 0.0747. The molecule has 0 unspecified atom stereocenters. The predicted molar refractivity (Wildman–Crippen MR) is 110 cm³/mol. The molecule has 0 aliphatic carbocycles. The van der Waals surface area contributed by atoms with Crippen LogP contribution in [0.4, 0.5) is 10.1 Å². The third-order valence-electron chi connectivity index (χ3n) is 4.26. The lowest BCUT2D eigenvalue weighted by Crippen LogP contribution is -2.14. The summed E-state index contributed by atoms with van der Waals surface area (Å²) in [6.07, 6.45) is 2.68. The van der Waals surface area contributed by atoms with Gasteiger partial charge >= 0.3 is 0 Å². The highest BCUT2D eigenvalue weighted by atomic mass is 32.2. The molecule has 29 heavy (non-hydrogen) atoms. The molecule has 4 rings (SSSR count). The first-order valence-electron chi connectivity index (χ1n) is 8.47. The number of anilines is 1. The van der Waals surface area contributed by atoms with Crippen LogP contribution in [-0.4, -0.2) is 41.5 Å². The summed E-state index contributed by atoms with van der Waals surface area (Å²) < 4.78 is 36.5. The van der Waals surface area contributed by atoms with E-state index in [9.17, 15) is 17.6 Å². The first-order chi connectivity index (χ1) is 13.8. The first kappa shape index (κ1) is 19.3. The van der Waals surface area contributed by atoms with Crippen LogP contribution in [0.1, 0.15) is 0 Å². The second kappa shape index (κ2) is 7.45. The molecule has 10 heteroatoms. The van der Waals surface area contributed by atoms with Crippen LogP contribution >= 0.6 is 11.8 Å². The number of aromatic nitrogens is 3. The van der Waals surface area contributed by atoms with Gasteiger partial charge in [0.05, 0.1) is 22.4 Å². The summed E-state index contributed by atoms with van der Waals surface area (Å²) in [6, 6.07) is 10.4. The minimum atomic E-state index is -3.29. The molecule has 0 bridgehead atoms. The molecular formula is C19H15FN4O3S2. The Kier molecular flexibility index (Phi) is 4.97. The lowest BCUT2D eigenvalue weighted by atomic mass is 10.2. The SMILES string of the molecule is CS(=O)(=O)c1ccc(NC(=O)CSc2nncc3c2[nH]c2ccc(F)cc23)cc1. The number of carbonyl (C=O) groups excluding carboxylic acids is 1. The number of aromatic amines is 1. The summed E-state index contributed by atoms with van der Waals surface area (Å²) in [5.74, 6) is -0.542. The molecule has 2 aromatic heterocycles. The molecule has 7 nitrogen and oxygen atoms in total. The molecular weight excluding hydrogens is 415 g/mol. The first-order valence-corrected chi connectivity index (χ1v) is 11.3. The van der Waals surface area contributed by atoms with E-state index in [1.165, 1.54) is 48.2 Å². The number of halogens is 1. The van der Waals surface area contributed by atoms with Crippen LogP contribution in [0.15, 0.2) is 58.6 Å². The molecule has 0 spiro atoms. The molecule has 0 radical (unpaired) electrons. The van der Waals surface area contributed by atoms with Crippen LogP contribution in [0.25, 0.3) is 21.8 Å². The number of hydrogen-bond donors (Lipinski definition) is 2. The molecule has 2 heterocycles. The number of carbonyl (C=O) groups is 1. The molecule has 0 aliphatic rings. The summed E-state index contributed by atoms with van der Waals surface area (Å²) in [7, 11) is -3.29. The molecule has 2 N–H and O–H groups in total. The zero-order chi connectivity index (χ0) is 20.6. The Balaban J connectivity index is 1.49. The van der Waals surface area contributed by atoms with Crippen molar-refractivity contribution in [2.45, 2.75) is 9.92 Å². The fourth-order valence-electron chi connectivity index (χ4n) is 2.89. The number of hydrogen-bond acceptors (Lipinski definition) is 6. The number of amides is 1. The van der Waals surface area contributed by atoms with Crippen molar-refractivity contribution in [3.63, 3.8) is 0 Å². The Hall–Kier alpha value is -2.98. The normalized spacial score (nSPS) is 11.8. The van der Waals surface area contributed by atoms with Gasteiger partial charge in [0.25, 0.3) is 0 Å². The van der Waals surface area contributed by atoms with E-state index in [4.69, 9.17) is 0 Å². The largest absolute Gasteiger partial charge is 0.352 e. The van der Waals surface area contributed by atoms with E-state index in [1.807, 2.05) is 0 Å². The van der Waals surface area contributed by atoms with Crippen LogP contribution in [0.2, 0.25) is 0 Å². The van der Waals surface area contributed by atoms with Gasteiger partial charge in [-0.05, 0) is 42.5 Å². The Bertz CT molecular complexity index is 1340. The van der Waals surface area contributed by atoms with E-state index in [-0.39, 0.29) is 22.4 Å². The smallest absolute Gasteiger partial charge is 0.234 e. The van der Waals surface area contributed by atoms with Crippen LogP contribution in [0.5, 0.6) is 0 Å². The summed E-state index contributed by atoms with van der Waals surface area (Å²) in [4.78, 5) is 15.6. The summed E-state index contributed by atoms with van der Waals surface area (Å²) in [5.41, 5.74) is 1.94. The van der Waals surface area contributed by atoms with E-state index in [0.717, 1.165) is 17.2 Å². The molecule has 0 saturated heterocycles. The van der Waals surface area contributed by atoms with Crippen LogP contribution in [0.3, 0.4) is 0 Å². The van der Waals surface area contributed by atoms with Crippen molar-refractivity contribution < 1.29 is 17.6 Å². The van der Waals surface area contributed by atoms with Gasteiger partial charge in [0.2, 0.25) is 5.91 Å². The maximum atomic E-state index is 13.6. The minimum Gasteiger partial charge on any atom is -0.352 e. The van der Waals surface area contributed by atoms with E-state index in [1.54, 1.807) is 12.3 Å². The molecule has 0 aliphatic heterocycles. The van der Waals surface area contributed by atoms with E-state index in [0.29, 0.717) is 21.6 Å². The van der Waals surface area contributed by atoms with Crippen LogP contribution in [0, 0.1) is 5.82 Å². The molecule has 4 aromatic rings. The highest BCUT2D eigenvalue weighted by Gasteiger charge is 2.13. The number of H-pyrrole nitrogens is 1. The monoisotopic (exact) mass is 430 g/mol. The fourth-order valence-corrected chi connectivity index (χ4v) is 4.27. The van der Waals surface area contributed by atoms with Gasteiger partial charge < -0.3 is 10.3 Å². The maximum Gasteiger partial charge on any atom is 0.234 e. The Labute approximate surface area is 169 Å². The van der Waals surface area contributed by atoms with Gasteiger partial charge in [0, 0.05) is 28.2 Å². The Morgan fingerprint density at radius 3 is 2.66 bits per heavy atom. The topological polar surface area (TPSA) is 105 Å². The van der Waals surface area contributed by atoms with Gasteiger partial charge in [0.1, 0.15) is 10.8 Å². The zero-order valence-electron chi connectivity index (χ0n) is 15.1. The van der Waals surface area contributed by atoms with Crippen molar-refractivity contribution in [2.75, 3.05) is 17.3 Å². The lowest BCUT2D eigenvalue weighted by molar-refractivity contribution is -0.113. The number of nitrogens with one attached hydrogen (secondary N) is 2. The molecule has 2 aromatic carbocycles. The van der Waals surface area contributed by atoms with E-state index in [2.05, 4.69) is 20.5 Å². The number of rotatable bonds is 5. The molecule has 0 atom stereocenters. The van der Waals surface area contributed by atoms with Gasteiger partial charge in [-0.25, -0.2) is 12.8 Å². The third kappa shape index (κ3) is 4.08. The van der Waals surface area contributed by atoms with Gasteiger partial charge in [0.15, 0.2) is 9.84 Å². The summed E-state index contributed by atoms with van der Waals surface area (Å²) >= 11 is 1.20. The molecule has 148 valence electrons. The number of benzene rings is 2. The third-order valence-corrected chi connectivity index (χ3v) is 6.35. The van der Waals surface area contributed by atoms with Crippen molar-refractivity contribution in [3.8, 4) is 0 Å². The van der Waals surface area contributed by atoms with Gasteiger partial charge in [-0.3, -0.25) is 4.79 Å². The maximum absolute atomic E-state index is 13.6. The number of nitrogens with zero attached hydrogens (tertiary/aromatic N) is 2. The fraction of sp³-hybridized carbons (Fsp3) is 0.105. The van der Waals surface area contributed by atoms with Crippen LogP contribution < -0.4 is 5.32 Å². The van der Waals surface area contributed by atoms with Crippen molar-refractivity contribution in [1.29, 1.82) is 0 Å². The predicted octanol–water partition coefficient (Wildman–Crippen LogP) is 3.38. The second-order valence-corrected chi connectivity index (χ2v) is 9.37. The number of sulfone groups is 1. The Morgan fingerprint density at radius 2 is 1.93 bits per heavy atom. The number of thioether (sulfide) groups is 1. The number of fused-ring (bicyclic) bond motifs is 3. The zero-order valence-corrected chi connectivity index (χ0v) is 16.8. The van der Waals surface area contributed by atoms with Gasteiger partial charge in [-0.2, -0.15) is 5.10 Å². The van der Waals surface area contributed by atoms with Crippen molar-refractivity contribution in [3.05, 3.63) is 54.5 Å².